The van der Waals surface area contributed by atoms with Gasteiger partial charge in [0.15, 0.2) is 0 Å². The van der Waals surface area contributed by atoms with Gasteiger partial charge in [0.25, 0.3) is 0 Å². The SMILES string of the molecule is CC(C)(C)OC(=O)N1CC=C(c2nc(CNc3ccc(Cl)c(I)c3)cs2)CC1. The van der Waals surface area contributed by atoms with E-state index in [9.17, 15) is 4.79 Å². The summed E-state index contributed by atoms with van der Waals surface area (Å²) in [6, 6.07) is 5.87. The molecule has 8 heteroatoms. The second kappa shape index (κ2) is 9.00. The molecule has 0 atom stereocenters. The standard InChI is InChI=1S/C20H23ClIN3O2S/c1-20(2,3)27-19(26)25-8-6-13(7-9-25)18-24-15(12-28-18)11-23-14-4-5-16(21)17(22)10-14/h4-6,10,12,23H,7-9,11H2,1-3H3. The molecular formula is C20H23ClIN3O2S. The Kier molecular flexibility index (Phi) is 6.88. The third kappa shape index (κ3) is 5.84. The van der Waals surface area contributed by atoms with Crippen LogP contribution in [0.4, 0.5) is 10.5 Å². The maximum absolute atomic E-state index is 12.2. The molecule has 2 heterocycles. The van der Waals surface area contributed by atoms with Crippen LogP contribution in [0.1, 0.15) is 37.9 Å². The highest BCUT2D eigenvalue weighted by Gasteiger charge is 2.24. The van der Waals surface area contributed by atoms with E-state index in [-0.39, 0.29) is 6.09 Å². The number of amides is 1. The molecule has 0 fully saturated rings. The summed E-state index contributed by atoms with van der Waals surface area (Å²) in [6.07, 6.45) is 2.60. The van der Waals surface area contributed by atoms with Gasteiger partial charge in [-0.05, 0) is 73.6 Å². The van der Waals surface area contributed by atoms with Gasteiger partial charge in [0.2, 0.25) is 0 Å². The van der Waals surface area contributed by atoms with Gasteiger partial charge in [-0.15, -0.1) is 11.3 Å². The van der Waals surface area contributed by atoms with Crippen LogP contribution in [0.5, 0.6) is 0 Å². The highest BCUT2D eigenvalue weighted by atomic mass is 127. The maximum Gasteiger partial charge on any atom is 0.410 e. The number of benzene rings is 1. The molecule has 0 radical (unpaired) electrons. The highest BCUT2D eigenvalue weighted by Crippen LogP contribution is 2.27. The van der Waals surface area contributed by atoms with Crippen LogP contribution in [0, 0.1) is 3.57 Å². The maximum atomic E-state index is 12.2. The van der Waals surface area contributed by atoms with Gasteiger partial charge in [-0.25, -0.2) is 9.78 Å². The van der Waals surface area contributed by atoms with E-state index < -0.39 is 5.60 Å². The lowest BCUT2D eigenvalue weighted by molar-refractivity contribution is 0.0270. The lowest BCUT2D eigenvalue weighted by Gasteiger charge is -2.29. The summed E-state index contributed by atoms with van der Waals surface area (Å²) in [5, 5.41) is 7.23. The molecule has 1 aliphatic rings. The summed E-state index contributed by atoms with van der Waals surface area (Å²) < 4.78 is 6.46. The van der Waals surface area contributed by atoms with Crippen molar-refractivity contribution >= 4 is 62.9 Å². The first-order valence-corrected chi connectivity index (χ1v) is 11.4. The van der Waals surface area contributed by atoms with E-state index in [1.165, 1.54) is 5.57 Å². The molecule has 28 heavy (non-hydrogen) atoms. The van der Waals surface area contributed by atoms with E-state index in [4.69, 9.17) is 21.3 Å². The Morgan fingerprint density at radius 2 is 2.21 bits per heavy atom. The second-order valence-electron chi connectivity index (χ2n) is 7.53. The normalized spacial score (nSPS) is 14.6. The molecule has 0 saturated heterocycles. The van der Waals surface area contributed by atoms with Crippen LogP contribution in [0.2, 0.25) is 5.02 Å². The minimum atomic E-state index is -0.472. The predicted octanol–water partition coefficient (Wildman–Crippen LogP) is 6.04. The van der Waals surface area contributed by atoms with Crippen molar-refractivity contribution in [2.75, 3.05) is 18.4 Å². The average Bonchev–Trinajstić information content (AvgIpc) is 3.10. The van der Waals surface area contributed by atoms with E-state index in [0.29, 0.717) is 19.6 Å². The van der Waals surface area contributed by atoms with Gasteiger partial charge >= 0.3 is 6.09 Å². The molecule has 1 amide bonds. The molecule has 0 bridgehead atoms. The molecule has 1 aliphatic heterocycles. The zero-order valence-corrected chi connectivity index (χ0v) is 19.8. The topological polar surface area (TPSA) is 54.5 Å². The zero-order chi connectivity index (χ0) is 20.3. The van der Waals surface area contributed by atoms with Crippen molar-refractivity contribution in [2.24, 2.45) is 0 Å². The van der Waals surface area contributed by atoms with Gasteiger partial charge in [-0.3, -0.25) is 0 Å². The molecule has 1 aromatic carbocycles. The van der Waals surface area contributed by atoms with Crippen molar-refractivity contribution in [2.45, 2.75) is 39.3 Å². The first-order valence-electron chi connectivity index (χ1n) is 9.02. The molecule has 150 valence electrons. The van der Waals surface area contributed by atoms with Crippen LogP contribution in [0.15, 0.2) is 29.7 Å². The summed E-state index contributed by atoms with van der Waals surface area (Å²) >= 11 is 9.92. The van der Waals surface area contributed by atoms with E-state index >= 15 is 0 Å². The fraction of sp³-hybridized carbons (Fsp3) is 0.400. The lowest BCUT2D eigenvalue weighted by atomic mass is 10.1. The smallest absolute Gasteiger partial charge is 0.410 e. The van der Waals surface area contributed by atoms with Gasteiger partial charge in [-0.2, -0.15) is 0 Å². The summed E-state index contributed by atoms with van der Waals surface area (Å²) in [7, 11) is 0. The lowest BCUT2D eigenvalue weighted by Crippen LogP contribution is -2.39. The van der Waals surface area contributed by atoms with Crippen LogP contribution in [0.25, 0.3) is 5.57 Å². The number of rotatable bonds is 4. The molecule has 1 N–H and O–H groups in total. The largest absolute Gasteiger partial charge is 0.444 e. The fourth-order valence-corrected chi connectivity index (χ4v) is 4.21. The number of halogens is 2. The number of carbonyl (C=O) groups is 1. The number of carbonyl (C=O) groups excluding carboxylic acids is 1. The van der Waals surface area contributed by atoms with E-state index in [1.54, 1.807) is 16.2 Å². The predicted molar refractivity (Wildman–Crippen MR) is 124 cm³/mol. The highest BCUT2D eigenvalue weighted by molar-refractivity contribution is 14.1. The quantitative estimate of drug-likeness (QED) is 0.489. The van der Waals surface area contributed by atoms with Gasteiger partial charge in [-0.1, -0.05) is 17.7 Å². The third-order valence-corrected chi connectivity index (χ3v) is 6.59. The fourth-order valence-electron chi connectivity index (χ4n) is 2.69. The Bertz CT molecular complexity index is 892. The van der Waals surface area contributed by atoms with E-state index in [0.717, 1.165) is 31.4 Å². The number of nitrogens with zero attached hydrogens (tertiary/aromatic N) is 2. The Morgan fingerprint density at radius 3 is 2.86 bits per heavy atom. The molecular weight excluding hydrogens is 509 g/mol. The molecule has 1 aromatic heterocycles. The number of thiazole rings is 1. The second-order valence-corrected chi connectivity index (χ2v) is 9.96. The average molecular weight is 532 g/mol. The zero-order valence-electron chi connectivity index (χ0n) is 16.1. The monoisotopic (exact) mass is 531 g/mol. The van der Waals surface area contributed by atoms with Crippen molar-refractivity contribution in [1.29, 1.82) is 0 Å². The molecule has 0 spiro atoms. The number of nitrogens with one attached hydrogen (secondary N) is 1. The summed E-state index contributed by atoms with van der Waals surface area (Å²) in [4.78, 5) is 18.6. The molecule has 0 unspecified atom stereocenters. The first-order chi connectivity index (χ1) is 13.2. The Labute approximate surface area is 188 Å². The van der Waals surface area contributed by atoms with Crippen LogP contribution < -0.4 is 5.32 Å². The van der Waals surface area contributed by atoms with E-state index in [1.807, 2.05) is 39.0 Å². The Morgan fingerprint density at radius 1 is 1.43 bits per heavy atom. The molecule has 5 nitrogen and oxygen atoms in total. The van der Waals surface area contributed by atoms with Crippen molar-refractivity contribution in [3.8, 4) is 0 Å². The van der Waals surface area contributed by atoms with Gasteiger partial charge in [0.1, 0.15) is 10.6 Å². The number of aromatic nitrogens is 1. The van der Waals surface area contributed by atoms with Crippen molar-refractivity contribution in [3.05, 3.63) is 48.9 Å². The number of hydrogen-bond acceptors (Lipinski definition) is 5. The van der Waals surface area contributed by atoms with Crippen LogP contribution in [-0.2, 0) is 11.3 Å². The summed E-state index contributed by atoms with van der Waals surface area (Å²) in [5.41, 5.74) is 2.74. The van der Waals surface area contributed by atoms with Gasteiger partial charge in [0.05, 0.1) is 17.3 Å². The number of hydrogen-bond donors (Lipinski definition) is 1. The molecule has 3 rings (SSSR count). The van der Waals surface area contributed by atoms with Gasteiger partial charge < -0.3 is 15.0 Å². The summed E-state index contributed by atoms with van der Waals surface area (Å²) in [6.45, 7) is 7.51. The van der Waals surface area contributed by atoms with Crippen LogP contribution in [0.3, 0.4) is 0 Å². The Balaban J connectivity index is 1.57. The van der Waals surface area contributed by atoms with Crippen molar-refractivity contribution in [3.63, 3.8) is 0 Å². The first kappa shape index (κ1) is 21.4. The van der Waals surface area contributed by atoms with Gasteiger partial charge in [0, 0.05) is 27.7 Å². The minimum Gasteiger partial charge on any atom is -0.444 e. The molecule has 0 aliphatic carbocycles. The van der Waals surface area contributed by atoms with E-state index in [2.05, 4.69) is 39.4 Å². The number of anilines is 1. The van der Waals surface area contributed by atoms with Crippen LogP contribution in [-0.4, -0.2) is 34.7 Å². The third-order valence-electron chi connectivity index (χ3n) is 4.08. The molecule has 2 aromatic rings. The Hall–Kier alpha value is -1.32. The minimum absolute atomic E-state index is 0.260. The van der Waals surface area contributed by atoms with Crippen LogP contribution >= 0.6 is 45.5 Å². The number of ether oxygens (including phenoxy) is 1. The van der Waals surface area contributed by atoms with Crippen molar-refractivity contribution < 1.29 is 9.53 Å². The molecule has 0 saturated carbocycles. The van der Waals surface area contributed by atoms with Crippen molar-refractivity contribution in [1.82, 2.24) is 9.88 Å². The summed E-state index contributed by atoms with van der Waals surface area (Å²) in [5.74, 6) is 0.